The zero-order valence-electron chi connectivity index (χ0n) is 8.24. The van der Waals surface area contributed by atoms with Gasteiger partial charge in [-0.15, -0.1) is 0 Å². The highest BCUT2D eigenvalue weighted by atomic mass is 28.3. The van der Waals surface area contributed by atoms with Crippen LogP contribution >= 0.6 is 0 Å². The van der Waals surface area contributed by atoms with Crippen LogP contribution < -0.4 is 0 Å². The van der Waals surface area contributed by atoms with E-state index in [1.54, 1.807) is 0 Å². The van der Waals surface area contributed by atoms with Crippen LogP contribution in [0.4, 0.5) is 0 Å². The Balaban J connectivity index is 2.43. The molecule has 0 aliphatic heterocycles. The fourth-order valence-corrected chi connectivity index (χ4v) is 3.76. The lowest BCUT2D eigenvalue weighted by atomic mass is 10.2. The molecule has 0 N–H and O–H groups in total. The van der Waals surface area contributed by atoms with Crippen LogP contribution in [0.25, 0.3) is 0 Å². The normalized spacial score (nSPS) is 23.2. The predicted molar refractivity (Wildman–Crippen MR) is 54.3 cm³/mol. The lowest BCUT2D eigenvalue weighted by molar-refractivity contribution is 0.702. The first-order valence-electron chi connectivity index (χ1n) is 4.96. The van der Waals surface area contributed by atoms with Gasteiger partial charge in [0.2, 0.25) is 0 Å². The summed E-state index contributed by atoms with van der Waals surface area (Å²) in [5, 5.41) is 0. The number of hydrogen-bond acceptors (Lipinski definition) is 0. The zero-order valence-corrected chi connectivity index (χ0v) is 9.24. The van der Waals surface area contributed by atoms with E-state index >= 15 is 0 Å². The van der Waals surface area contributed by atoms with Crippen LogP contribution in [0.5, 0.6) is 0 Å². The average Bonchev–Trinajstić information content (AvgIpc) is 2.10. The monoisotopic (exact) mass is 169 g/mol. The molecule has 0 aromatic carbocycles. The number of rotatable bonds is 1. The SMILES string of the molecule is C[Si](C)(C)[C]1CCCCCC1. The van der Waals surface area contributed by atoms with Gasteiger partial charge < -0.3 is 0 Å². The lowest BCUT2D eigenvalue weighted by Crippen LogP contribution is -2.30. The maximum absolute atomic E-state index is 2.49. The van der Waals surface area contributed by atoms with Crippen LogP contribution in [-0.2, 0) is 0 Å². The zero-order chi connectivity index (χ0) is 8.32. The highest BCUT2D eigenvalue weighted by molar-refractivity contribution is 6.81. The molecule has 0 aromatic rings. The fourth-order valence-electron chi connectivity index (χ4n) is 1.91. The van der Waals surface area contributed by atoms with E-state index in [1.165, 1.54) is 38.5 Å². The molecule has 1 rings (SSSR count). The van der Waals surface area contributed by atoms with E-state index in [-0.39, 0.29) is 0 Å². The van der Waals surface area contributed by atoms with Crippen molar-refractivity contribution in [1.82, 2.24) is 0 Å². The van der Waals surface area contributed by atoms with Crippen molar-refractivity contribution in [2.75, 3.05) is 0 Å². The average molecular weight is 169 g/mol. The minimum atomic E-state index is -0.872. The van der Waals surface area contributed by atoms with Gasteiger partial charge >= 0.3 is 0 Å². The maximum atomic E-state index is 2.49. The summed E-state index contributed by atoms with van der Waals surface area (Å²) in [6.45, 7) is 7.48. The van der Waals surface area contributed by atoms with E-state index in [9.17, 15) is 0 Å². The van der Waals surface area contributed by atoms with E-state index < -0.39 is 8.07 Å². The molecule has 0 unspecified atom stereocenters. The van der Waals surface area contributed by atoms with Crippen LogP contribution in [0.1, 0.15) is 38.5 Å². The molecule has 1 saturated carbocycles. The third kappa shape index (κ3) is 2.98. The van der Waals surface area contributed by atoms with Crippen LogP contribution in [0.3, 0.4) is 0 Å². The number of hydrogen-bond donors (Lipinski definition) is 0. The minimum absolute atomic E-state index is 0.872. The first-order chi connectivity index (χ1) is 5.11. The molecular formula is C10H21Si. The fraction of sp³-hybridized carbons (Fsp3) is 0.900. The van der Waals surface area contributed by atoms with Crippen molar-refractivity contribution < 1.29 is 0 Å². The summed E-state index contributed by atoms with van der Waals surface area (Å²) in [6.07, 6.45) is 8.81. The summed E-state index contributed by atoms with van der Waals surface area (Å²) < 4.78 is 0. The van der Waals surface area contributed by atoms with Crippen LogP contribution in [0.2, 0.25) is 19.6 Å². The second kappa shape index (κ2) is 3.75. The van der Waals surface area contributed by atoms with E-state index in [2.05, 4.69) is 19.6 Å². The maximum Gasteiger partial charge on any atom is 0.0508 e. The van der Waals surface area contributed by atoms with E-state index in [1.807, 2.05) is 5.54 Å². The van der Waals surface area contributed by atoms with Gasteiger partial charge in [-0.05, 0) is 18.4 Å². The Hall–Kier alpha value is 0.217. The van der Waals surface area contributed by atoms with Gasteiger partial charge in [0.25, 0.3) is 0 Å². The molecule has 1 heteroatoms. The molecule has 0 bridgehead atoms. The van der Waals surface area contributed by atoms with Gasteiger partial charge in [-0.2, -0.15) is 0 Å². The van der Waals surface area contributed by atoms with E-state index in [0.29, 0.717) is 0 Å². The van der Waals surface area contributed by atoms with Gasteiger partial charge in [0.05, 0.1) is 8.07 Å². The minimum Gasteiger partial charge on any atom is -0.0691 e. The standard InChI is InChI=1S/C10H21Si/c1-11(2,3)10-8-6-4-5-7-9-10/h4-9H2,1-3H3. The van der Waals surface area contributed by atoms with Crippen molar-refractivity contribution in [3.05, 3.63) is 5.54 Å². The second-order valence-electron chi connectivity index (χ2n) is 4.77. The predicted octanol–water partition coefficient (Wildman–Crippen LogP) is 3.79. The molecule has 0 aromatic heterocycles. The smallest absolute Gasteiger partial charge is 0.0508 e. The highest BCUT2D eigenvalue weighted by Gasteiger charge is 2.26. The highest BCUT2D eigenvalue weighted by Crippen LogP contribution is 2.31. The van der Waals surface area contributed by atoms with Crippen molar-refractivity contribution >= 4 is 8.07 Å². The molecule has 0 saturated heterocycles. The van der Waals surface area contributed by atoms with Gasteiger partial charge in [0.1, 0.15) is 0 Å². The molecule has 1 radical (unpaired) electrons. The molecule has 0 nitrogen and oxygen atoms in total. The van der Waals surface area contributed by atoms with Gasteiger partial charge in [-0.25, -0.2) is 0 Å². The van der Waals surface area contributed by atoms with Gasteiger partial charge in [0.15, 0.2) is 0 Å². The molecule has 11 heavy (non-hydrogen) atoms. The van der Waals surface area contributed by atoms with E-state index in [4.69, 9.17) is 0 Å². The molecule has 0 spiro atoms. The molecule has 0 amide bonds. The van der Waals surface area contributed by atoms with E-state index in [0.717, 1.165) is 0 Å². The Bertz CT molecular complexity index is 105. The molecular weight excluding hydrogens is 148 g/mol. The third-order valence-corrected chi connectivity index (χ3v) is 5.39. The second-order valence-corrected chi connectivity index (χ2v) is 9.97. The Morgan fingerprint density at radius 2 is 1.27 bits per heavy atom. The Kier molecular flexibility index (Phi) is 3.17. The summed E-state index contributed by atoms with van der Waals surface area (Å²) in [5.74, 6) is 0. The molecule has 1 aliphatic carbocycles. The van der Waals surface area contributed by atoms with Crippen molar-refractivity contribution in [2.24, 2.45) is 0 Å². The quantitative estimate of drug-likeness (QED) is 0.414. The van der Waals surface area contributed by atoms with Crippen LogP contribution in [0, 0.1) is 5.54 Å². The van der Waals surface area contributed by atoms with Crippen molar-refractivity contribution in [3.63, 3.8) is 0 Å². The molecule has 0 heterocycles. The molecule has 1 fully saturated rings. The summed E-state index contributed by atoms with van der Waals surface area (Å²) in [4.78, 5) is 0. The summed E-state index contributed by atoms with van der Waals surface area (Å²) in [7, 11) is -0.872. The summed E-state index contributed by atoms with van der Waals surface area (Å²) in [5.41, 5.74) is 1.94. The molecule has 1 aliphatic rings. The van der Waals surface area contributed by atoms with Crippen molar-refractivity contribution in [2.45, 2.75) is 58.2 Å². The lowest BCUT2D eigenvalue weighted by Gasteiger charge is -2.26. The summed E-state index contributed by atoms with van der Waals surface area (Å²) in [6, 6.07) is 0. The Morgan fingerprint density at radius 1 is 0.818 bits per heavy atom. The first kappa shape index (κ1) is 9.31. The molecule has 65 valence electrons. The third-order valence-electron chi connectivity index (χ3n) is 2.77. The topological polar surface area (TPSA) is 0 Å². The van der Waals surface area contributed by atoms with Crippen LogP contribution in [0.15, 0.2) is 0 Å². The molecule has 0 atom stereocenters. The van der Waals surface area contributed by atoms with Crippen molar-refractivity contribution in [3.8, 4) is 0 Å². The van der Waals surface area contributed by atoms with Gasteiger partial charge in [-0.3, -0.25) is 0 Å². The van der Waals surface area contributed by atoms with Gasteiger partial charge in [0, 0.05) is 0 Å². The Morgan fingerprint density at radius 3 is 1.64 bits per heavy atom. The first-order valence-corrected chi connectivity index (χ1v) is 8.46. The van der Waals surface area contributed by atoms with Gasteiger partial charge in [-0.1, -0.05) is 45.3 Å². The Labute approximate surface area is 72.4 Å². The van der Waals surface area contributed by atoms with Crippen LogP contribution in [-0.4, -0.2) is 8.07 Å². The largest absolute Gasteiger partial charge is 0.0691 e. The van der Waals surface area contributed by atoms with Crippen molar-refractivity contribution in [1.29, 1.82) is 0 Å². The summed E-state index contributed by atoms with van der Waals surface area (Å²) >= 11 is 0.